The summed E-state index contributed by atoms with van der Waals surface area (Å²) < 4.78 is 4.90. The molecule has 0 atom stereocenters. The van der Waals surface area contributed by atoms with Gasteiger partial charge in [-0.25, -0.2) is 4.79 Å². The largest absolute Gasteiger partial charge is 0.465 e. The second kappa shape index (κ2) is 12.7. The van der Waals surface area contributed by atoms with E-state index in [9.17, 15) is 24.5 Å². The molecule has 0 radical (unpaired) electrons. The number of nitrogens with one attached hydrogen (secondary N) is 1. The van der Waals surface area contributed by atoms with Gasteiger partial charge in [0.1, 0.15) is 0 Å². The monoisotopic (exact) mass is 571 g/mol. The fourth-order valence-corrected chi connectivity index (χ4v) is 5.49. The van der Waals surface area contributed by atoms with Crippen molar-refractivity contribution >= 4 is 40.5 Å². The molecule has 0 spiro atoms. The summed E-state index contributed by atoms with van der Waals surface area (Å²) >= 11 is 0. The molecule has 11 nitrogen and oxygen atoms in total. The average Bonchev–Trinajstić information content (AvgIpc) is 3.04. The molecule has 218 valence electrons. The fraction of sp³-hybridized carbons (Fsp3) is 0.323. The van der Waals surface area contributed by atoms with Crippen LogP contribution in [0.15, 0.2) is 66.7 Å². The summed E-state index contributed by atoms with van der Waals surface area (Å²) in [5.41, 5.74) is 2.58. The van der Waals surface area contributed by atoms with Gasteiger partial charge in [-0.05, 0) is 55.7 Å². The minimum absolute atomic E-state index is 0.0410. The van der Waals surface area contributed by atoms with Gasteiger partial charge in [-0.2, -0.15) is 0 Å². The van der Waals surface area contributed by atoms with Crippen LogP contribution in [0.4, 0.5) is 22.7 Å². The van der Waals surface area contributed by atoms with Gasteiger partial charge in [0.2, 0.25) is 0 Å². The van der Waals surface area contributed by atoms with E-state index in [0.717, 1.165) is 32.4 Å². The zero-order valence-corrected chi connectivity index (χ0v) is 23.5. The lowest BCUT2D eigenvalue weighted by Crippen LogP contribution is -2.49. The Bertz CT molecular complexity index is 1480. The normalized spacial score (nSPS) is 15.2. The summed E-state index contributed by atoms with van der Waals surface area (Å²) in [5.74, 6) is -1.11. The molecule has 11 heteroatoms. The van der Waals surface area contributed by atoms with Crippen molar-refractivity contribution in [3.63, 3.8) is 0 Å². The van der Waals surface area contributed by atoms with E-state index in [1.807, 2.05) is 23.1 Å². The third-order valence-corrected chi connectivity index (χ3v) is 7.73. The van der Waals surface area contributed by atoms with Crippen LogP contribution in [0.3, 0.4) is 0 Å². The van der Waals surface area contributed by atoms with Gasteiger partial charge < -0.3 is 24.8 Å². The van der Waals surface area contributed by atoms with Gasteiger partial charge in [-0.1, -0.05) is 18.2 Å². The van der Waals surface area contributed by atoms with E-state index in [2.05, 4.69) is 10.2 Å². The molecule has 2 fully saturated rings. The molecule has 1 N–H and O–H groups in total. The Balaban J connectivity index is 1.42. The number of carbonyl (C=O) groups excluding carboxylic acids is 3. The van der Waals surface area contributed by atoms with Crippen molar-refractivity contribution in [3.05, 3.63) is 93.5 Å². The Kier molecular flexibility index (Phi) is 8.66. The number of nitrogens with zero attached hydrogens (tertiary/aromatic N) is 4. The van der Waals surface area contributed by atoms with Crippen LogP contribution >= 0.6 is 0 Å². The third kappa shape index (κ3) is 6.19. The molecule has 2 saturated heterocycles. The molecular weight excluding hydrogens is 538 g/mol. The van der Waals surface area contributed by atoms with Crippen molar-refractivity contribution in [2.45, 2.75) is 19.3 Å². The lowest BCUT2D eigenvalue weighted by molar-refractivity contribution is -0.384. The van der Waals surface area contributed by atoms with Crippen molar-refractivity contribution in [1.82, 2.24) is 4.90 Å². The maximum absolute atomic E-state index is 13.8. The highest BCUT2D eigenvalue weighted by atomic mass is 16.6. The Morgan fingerprint density at radius 3 is 2.12 bits per heavy atom. The Hall–Kier alpha value is -4.93. The topological polar surface area (TPSA) is 125 Å². The van der Waals surface area contributed by atoms with Crippen LogP contribution < -0.4 is 15.1 Å². The standard InChI is InChI=1S/C31H33N5O6/c1-42-31(39)23-10-12-28(34-16-18-35(19-17-34)30(38)22-8-4-2-5-9-22)26(20-23)32-29(37)25-21-24(36(40)41)11-13-27(25)33-14-6-3-7-15-33/h2,4-5,8-13,20-21H,3,6-7,14-19H2,1H3,(H,32,37). The maximum Gasteiger partial charge on any atom is 0.337 e. The zero-order chi connectivity index (χ0) is 29.6. The molecule has 0 saturated carbocycles. The number of nitro groups is 1. The first-order chi connectivity index (χ1) is 20.4. The number of piperazine rings is 1. The predicted molar refractivity (Wildman–Crippen MR) is 159 cm³/mol. The second-order valence-electron chi connectivity index (χ2n) is 10.3. The van der Waals surface area contributed by atoms with E-state index in [1.54, 1.807) is 41.3 Å². The van der Waals surface area contributed by atoms with E-state index in [0.29, 0.717) is 48.8 Å². The summed E-state index contributed by atoms with van der Waals surface area (Å²) in [6.07, 6.45) is 3.04. The molecule has 2 amide bonds. The summed E-state index contributed by atoms with van der Waals surface area (Å²) in [7, 11) is 1.28. The van der Waals surface area contributed by atoms with E-state index in [1.165, 1.54) is 19.2 Å². The lowest BCUT2D eigenvalue weighted by atomic mass is 10.1. The summed E-state index contributed by atoms with van der Waals surface area (Å²) in [5, 5.41) is 14.5. The number of carbonyl (C=O) groups is 3. The number of methoxy groups -OCH3 is 1. The van der Waals surface area contributed by atoms with E-state index >= 15 is 0 Å². The van der Waals surface area contributed by atoms with Crippen LogP contribution in [0.2, 0.25) is 0 Å². The molecule has 0 aliphatic carbocycles. The minimum atomic E-state index is -0.556. The van der Waals surface area contributed by atoms with Gasteiger partial charge in [-0.15, -0.1) is 0 Å². The third-order valence-electron chi connectivity index (χ3n) is 7.73. The van der Waals surface area contributed by atoms with Crippen LogP contribution in [-0.4, -0.2) is 74.0 Å². The van der Waals surface area contributed by atoms with Gasteiger partial charge in [0.05, 0.1) is 40.2 Å². The van der Waals surface area contributed by atoms with Crippen molar-refractivity contribution in [2.24, 2.45) is 0 Å². The quantitative estimate of drug-likeness (QED) is 0.248. The van der Waals surface area contributed by atoms with Crippen molar-refractivity contribution < 1.29 is 24.0 Å². The number of esters is 1. The van der Waals surface area contributed by atoms with Crippen LogP contribution in [0.25, 0.3) is 0 Å². The van der Waals surface area contributed by atoms with Gasteiger partial charge >= 0.3 is 5.97 Å². The van der Waals surface area contributed by atoms with E-state index < -0.39 is 16.8 Å². The van der Waals surface area contributed by atoms with Gasteiger partial charge in [0.25, 0.3) is 17.5 Å². The fourth-order valence-electron chi connectivity index (χ4n) is 5.49. The maximum atomic E-state index is 13.8. The molecule has 0 bridgehead atoms. The molecule has 42 heavy (non-hydrogen) atoms. The number of amides is 2. The minimum Gasteiger partial charge on any atom is -0.465 e. The molecule has 2 aliphatic rings. The molecule has 5 rings (SSSR count). The SMILES string of the molecule is COC(=O)c1ccc(N2CCN(C(=O)c3ccccc3)CC2)c(NC(=O)c2cc([N+](=O)[O-])ccc2N2CCCCC2)c1. The first-order valence-electron chi connectivity index (χ1n) is 14.0. The van der Waals surface area contributed by atoms with Crippen LogP contribution in [0.5, 0.6) is 0 Å². The Morgan fingerprint density at radius 2 is 1.45 bits per heavy atom. The zero-order valence-electron chi connectivity index (χ0n) is 23.5. The van der Waals surface area contributed by atoms with Crippen LogP contribution in [0, 0.1) is 10.1 Å². The number of nitro benzene ring substituents is 1. The lowest BCUT2D eigenvalue weighted by Gasteiger charge is -2.37. The predicted octanol–water partition coefficient (Wildman–Crippen LogP) is 4.59. The van der Waals surface area contributed by atoms with Crippen LogP contribution in [-0.2, 0) is 4.74 Å². The smallest absolute Gasteiger partial charge is 0.337 e. The number of anilines is 3. The number of benzene rings is 3. The summed E-state index contributed by atoms with van der Waals surface area (Å²) in [4.78, 5) is 56.1. The summed E-state index contributed by atoms with van der Waals surface area (Å²) in [6, 6.07) is 18.4. The number of hydrogen-bond acceptors (Lipinski definition) is 8. The molecule has 0 aromatic heterocycles. The number of piperidine rings is 1. The first kappa shape index (κ1) is 28.6. The Labute approximate surface area is 243 Å². The van der Waals surface area contributed by atoms with Gasteiger partial charge in [0.15, 0.2) is 0 Å². The van der Waals surface area contributed by atoms with Crippen molar-refractivity contribution in [2.75, 3.05) is 61.5 Å². The molecule has 0 unspecified atom stereocenters. The number of rotatable bonds is 7. The Morgan fingerprint density at radius 1 is 0.786 bits per heavy atom. The van der Waals surface area contributed by atoms with Crippen molar-refractivity contribution in [1.29, 1.82) is 0 Å². The molecule has 2 heterocycles. The van der Waals surface area contributed by atoms with Crippen molar-refractivity contribution in [3.8, 4) is 0 Å². The molecular formula is C31H33N5O6. The molecule has 2 aliphatic heterocycles. The van der Waals surface area contributed by atoms with Gasteiger partial charge in [0, 0.05) is 57.0 Å². The summed E-state index contributed by atoms with van der Waals surface area (Å²) in [6.45, 7) is 3.48. The molecule has 3 aromatic carbocycles. The average molecular weight is 572 g/mol. The first-order valence-corrected chi connectivity index (χ1v) is 14.0. The van der Waals surface area contributed by atoms with Gasteiger partial charge in [-0.3, -0.25) is 19.7 Å². The number of hydrogen-bond donors (Lipinski definition) is 1. The number of non-ortho nitro benzene ring substituents is 1. The number of ether oxygens (including phenoxy) is 1. The molecule has 3 aromatic rings. The van der Waals surface area contributed by atoms with E-state index in [4.69, 9.17) is 4.74 Å². The second-order valence-corrected chi connectivity index (χ2v) is 10.3. The highest BCUT2D eigenvalue weighted by Crippen LogP contribution is 2.32. The highest BCUT2D eigenvalue weighted by Gasteiger charge is 2.27. The van der Waals surface area contributed by atoms with Crippen LogP contribution in [0.1, 0.15) is 50.3 Å². The highest BCUT2D eigenvalue weighted by molar-refractivity contribution is 6.10. The van der Waals surface area contributed by atoms with E-state index in [-0.39, 0.29) is 22.7 Å².